The molecule has 0 bridgehead atoms. The summed E-state index contributed by atoms with van der Waals surface area (Å²) in [4.78, 5) is 15.6. The lowest BCUT2D eigenvalue weighted by Gasteiger charge is -2.08. The van der Waals surface area contributed by atoms with E-state index in [2.05, 4.69) is 15.6 Å². The summed E-state index contributed by atoms with van der Waals surface area (Å²) < 4.78 is 2.02. The van der Waals surface area contributed by atoms with Crippen molar-refractivity contribution in [1.29, 1.82) is 0 Å². The summed E-state index contributed by atoms with van der Waals surface area (Å²) in [6.45, 7) is 1.57. The number of nitrogens with one attached hydrogen (secondary N) is 2. The van der Waals surface area contributed by atoms with Crippen molar-refractivity contribution in [3.05, 3.63) is 43.0 Å². The highest BCUT2D eigenvalue weighted by Gasteiger charge is 2.00. The van der Waals surface area contributed by atoms with Gasteiger partial charge in [0.05, 0.1) is 6.33 Å². The number of nitrogen functional groups attached to an aromatic ring is 1. The molecular formula is C14H19N5O. The SMILES string of the molecule is Nc1ccc(NC(=O)NCCCCn2ccnc2)cc1. The second-order valence-electron chi connectivity index (χ2n) is 4.51. The van der Waals surface area contributed by atoms with Gasteiger partial charge in [-0.3, -0.25) is 0 Å². The lowest BCUT2D eigenvalue weighted by Crippen LogP contribution is -2.29. The van der Waals surface area contributed by atoms with Gasteiger partial charge in [-0.05, 0) is 37.1 Å². The average Bonchev–Trinajstić information content (AvgIpc) is 2.94. The highest BCUT2D eigenvalue weighted by atomic mass is 16.2. The Morgan fingerprint density at radius 1 is 1.25 bits per heavy atom. The van der Waals surface area contributed by atoms with Gasteiger partial charge in [-0.25, -0.2) is 9.78 Å². The number of unbranched alkanes of at least 4 members (excludes halogenated alkanes) is 1. The van der Waals surface area contributed by atoms with Crippen molar-refractivity contribution in [2.45, 2.75) is 19.4 Å². The summed E-state index contributed by atoms with van der Waals surface area (Å²) in [6, 6.07) is 6.85. The monoisotopic (exact) mass is 273 g/mol. The minimum atomic E-state index is -0.197. The number of amides is 2. The highest BCUT2D eigenvalue weighted by molar-refractivity contribution is 5.89. The molecule has 1 heterocycles. The Kier molecular flexibility index (Phi) is 5.00. The third-order valence-corrected chi connectivity index (χ3v) is 2.86. The first-order valence-corrected chi connectivity index (χ1v) is 6.60. The lowest BCUT2D eigenvalue weighted by atomic mass is 10.3. The number of imidazole rings is 1. The molecule has 0 spiro atoms. The highest BCUT2D eigenvalue weighted by Crippen LogP contribution is 2.09. The van der Waals surface area contributed by atoms with Crippen molar-refractivity contribution in [3.63, 3.8) is 0 Å². The molecule has 1 aromatic carbocycles. The Balaban J connectivity index is 1.59. The number of carbonyl (C=O) groups excluding carboxylic acids is 1. The van der Waals surface area contributed by atoms with E-state index in [9.17, 15) is 4.79 Å². The van der Waals surface area contributed by atoms with E-state index in [1.165, 1.54) is 0 Å². The quantitative estimate of drug-likeness (QED) is 0.556. The van der Waals surface area contributed by atoms with Gasteiger partial charge < -0.3 is 20.9 Å². The molecule has 0 aliphatic heterocycles. The number of hydrogen-bond donors (Lipinski definition) is 3. The molecule has 0 fully saturated rings. The van der Waals surface area contributed by atoms with E-state index >= 15 is 0 Å². The Labute approximate surface area is 118 Å². The predicted molar refractivity (Wildman–Crippen MR) is 79.3 cm³/mol. The number of nitrogens with two attached hydrogens (primary N) is 1. The third kappa shape index (κ3) is 4.64. The maximum absolute atomic E-state index is 11.6. The number of nitrogens with zero attached hydrogens (tertiary/aromatic N) is 2. The van der Waals surface area contributed by atoms with Gasteiger partial charge in [-0.15, -0.1) is 0 Å². The zero-order valence-electron chi connectivity index (χ0n) is 11.2. The van der Waals surface area contributed by atoms with E-state index in [0.717, 1.165) is 25.1 Å². The first kappa shape index (κ1) is 13.9. The number of hydrogen-bond acceptors (Lipinski definition) is 3. The molecule has 6 nitrogen and oxygen atoms in total. The fourth-order valence-corrected chi connectivity index (χ4v) is 1.78. The van der Waals surface area contributed by atoms with Gasteiger partial charge in [0.1, 0.15) is 0 Å². The van der Waals surface area contributed by atoms with Crippen LogP contribution in [0.3, 0.4) is 0 Å². The summed E-state index contributed by atoms with van der Waals surface area (Å²) in [6.07, 6.45) is 7.41. The average molecular weight is 273 g/mol. The van der Waals surface area contributed by atoms with Crippen LogP contribution in [-0.4, -0.2) is 22.1 Å². The van der Waals surface area contributed by atoms with Crippen LogP contribution in [0.4, 0.5) is 16.2 Å². The van der Waals surface area contributed by atoms with Gasteiger partial charge in [0.25, 0.3) is 0 Å². The molecule has 0 saturated carbocycles. The van der Waals surface area contributed by atoms with Crippen LogP contribution in [-0.2, 0) is 6.54 Å². The van der Waals surface area contributed by atoms with E-state index in [1.807, 2.05) is 10.8 Å². The molecule has 2 rings (SSSR count). The van der Waals surface area contributed by atoms with Crippen molar-refractivity contribution >= 4 is 17.4 Å². The van der Waals surface area contributed by atoms with Crippen molar-refractivity contribution in [1.82, 2.24) is 14.9 Å². The largest absolute Gasteiger partial charge is 0.399 e. The van der Waals surface area contributed by atoms with E-state index < -0.39 is 0 Å². The molecule has 0 aliphatic carbocycles. The fourth-order valence-electron chi connectivity index (χ4n) is 1.78. The smallest absolute Gasteiger partial charge is 0.319 e. The van der Waals surface area contributed by atoms with Gasteiger partial charge >= 0.3 is 6.03 Å². The van der Waals surface area contributed by atoms with Crippen molar-refractivity contribution in [2.24, 2.45) is 0 Å². The van der Waals surface area contributed by atoms with Crippen molar-refractivity contribution in [2.75, 3.05) is 17.6 Å². The normalized spacial score (nSPS) is 10.2. The molecule has 0 radical (unpaired) electrons. The van der Waals surface area contributed by atoms with Crippen LogP contribution in [0.1, 0.15) is 12.8 Å². The topological polar surface area (TPSA) is 85.0 Å². The second-order valence-corrected chi connectivity index (χ2v) is 4.51. The number of aromatic nitrogens is 2. The zero-order valence-corrected chi connectivity index (χ0v) is 11.2. The Bertz CT molecular complexity index is 521. The number of benzene rings is 1. The van der Waals surface area contributed by atoms with E-state index in [4.69, 9.17) is 5.73 Å². The molecule has 2 aromatic rings. The molecular weight excluding hydrogens is 254 g/mol. The third-order valence-electron chi connectivity index (χ3n) is 2.86. The number of aryl methyl sites for hydroxylation is 1. The van der Waals surface area contributed by atoms with Crippen LogP contribution in [0.2, 0.25) is 0 Å². The molecule has 6 heteroatoms. The van der Waals surface area contributed by atoms with Crippen molar-refractivity contribution in [3.8, 4) is 0 Å². The van der Waals surface area contributed by atoms with Crippen LogP contribution >= 0.6 is 0 Å². The Morgan fingerprint density at radius 3 is 2.75 bits per heavy atom. The summed E-state index contributed by atoms with van der Waals surface area (Å²) >= 11 is 0. The predicted octanol–water partition coefficient (Wildman–Crippen LogP) is 2.07. The van der Waals surface area contributed by atoms with Gasteiger partial charge in [-0.2, -0.15) is 0 Å². The number of urea groups is 1. The molecule has 0 atom stereocenters. The summed E-state index contributed by atoms with van der Waals surface area (Å²) in [5.41, 5.74) is 6.98. The summed E-state index contributed by atoms with van der Waals surface area (Å²) in [7, 11) is 0. The van der Waals surface area contributed by atoms with Gasteiger partial charge in [0, 0.05) is 36.9 Å². The summed E-state index contributed by atoms with van der Waals surface area (Å²) in [5, 5.41) is 5.57. The zero-order chi connectivity index (χ0) is 14.2. The Hall–Kier alpha value is -2.50. The molecule has 2 amide bonds. The molecule has 0 saturated heterocycles. The maximum Gasteiger partial charge on any atom is 0.319 e. The van der Waals surface area contributed by atoms with Crippen molar-refractivity contribution < 1.29 is 4.79 Å². The minimum Gasteiger partial charge on any atom is -0.399 e. The van der Waals surface area contributed by atoms with Crippen LogP contribution in [0.15, 0.2) is 43.0 Å². The Morgan fingerprint density at radius 2 is 2.05 bits per heavy atom. The molecule has 4 N–H and O–H groups in total. The lowest BCUT2D eigenvalue weighted by molar-refractivity contribution is 0.252. The first-order valence-electron chi connectivity index (χ1n) is 6.60. The summed E-state index contributed by atoms with van der Waals surface area (Å²) in [5.74, 6) is 0. The van der Waals surface area contributed by atoms with Gasteiger partial charge in [0.15, 0.2) is 0 Å². The van der Waals surface area contributed by atoms with E-state index in [0.29, 0.717) is 12.2 Å². The van der Waals surface area contributed by atoms with Crippen LogP contribution in [0, 0.1) is 0 Å². The first-order chi connectivity index (χ1) is 9.74. The minimum absolute atomic E-state index is 0.197. The number of rotatable bonds is 6. The van der Waals surface area contributed by atoms with Gasteiger partial charge in [0.2, 0.25) is 0 Å². The molecule has 0 unspecified atom stereocenters. The number of carbonyl (C=O) groups is 1. The molecule has 0 aliphatic rings. The standard InChI is InChI=1S/C14H19N5O/c15-12-3-5-13(6-4-12)18-14(20)17-7-1-2-9-19-10-8-16-11-19/h3-6,8,10-11H,1-2,7,9,15H2,(H2,17,18,20). The van der Waals surface area contributed by atoms with E-state index in [-0.39, 0.29) is 6.03 Å². The maximum atomic E-state index is 11.6. The van der Waals surface area contributed by atoms with Gasteiger partial charge in [-0.1, -0.05) is 0 Å². The van der Waals surface area contributed by atoms with Crippen LogP contribution < -0.4 is 16.4 Å². The second kappa shape index (κ2) is 7.18. The van der Waals surface area contributed by atoms with Crippen LogP contribution in [0.5, 0.6) is 0 Å². The molecule has 1 aromatic heterocycles. The van der Waals surface area contributed by atoms with E-state index in [1.54, 1.807) is 36.8 Å². The van der Waals surface area contributed by atoms with Crippen LogP contribution in [0.25, 0.3) is 0 Å². The fraction of sp³-hybridized carbons (Fsp3) is 0.286. The number of anilines is 2. The molecule has 20 heavy (non-hydrogen) atoms. The molecule has 106 valence electrons.